The van der Waals surface area contributed by atoms with Gasteiger partial charge in [-0.25, -0.2) is 8.42 Å². The number of carboxylic acids is 1. The Labute approximate surface area is 112 Å². The highest BCUT2D eigenvalue weighted by atomic mass is 32.2. The van der Waals surface area contributed by atoms with E-state index in [0.717, 1.165) is 0 Å². The molecule has 1 atom stereocenters. The number of carbonyl (C=O) groups excluding carboxylic acids is 1. The standard InChI is InChI=1S/C11H20N2O5S/c1-12-4-2-3-10(14)13-5-6-19(17,18)8-9(13)7-11(15)16/h9,12H,2-8H2,1H3,(H,15,16). The number of hydrogen-bond donors (Lipinski definition) is 2. The second kappa shape index (κ2) is 6.85. The van der Waals surface area contributed by atoms with Crippen LogP contribution in [0.25, 0.3) is 0 Å². The average molecular weight is 292 g/mol. The van der Waals surface area contributed by atoms with Gasteiger partial charge in [0.05, 0.1) is 24.0 Å². The van der Waals surface area contributed by atoms with E-state index in [9.17, 15) is 18.0 Å². The van der Waals surface area contributed by atoms with E-state index in [-0.39, 0.29) is 30.4 Å². The van der Waals surface area contributed by atoms with Crippen LogP contribution < -0.4 is 5.32 Å². The first-order chi connectivity index (χ1) is 8.85. The Morgan fingerprint density at radius 3 is 2.68 bits per heavy atom. The second-order valence-corrected chi connectivity index (χ2v) is 6.89. The van der Waals surface area contributed by atoms with Crippen molar-refractivity contribution in [2.45, 2.75) is 25.3 Å². The molecule has 0 bridgehead atoms. The largest absolute Gasteiger partial charge is 0.481 e. The predicted octanol–water partition coefficient (Wildman–Crippen LogP) is -0.914. The van der Waals surface area contributed by atoms with Crippen molar-refractivity contribution in [1.82, 2.24) is 10.2 Å². The zero-order chi connectivity index (χ0) is 14.5. The van der Waals surface area contributed by atoms with Crippen molar-refractivity contribution in [3.05, 3.63) is 0 Å². The maximum Gasteiger partial charge on any atom is 0.305 e. The van der Waals surface area contributed by atoms with Gasteiger partial charge in [-0.1, -0.05) is 0 Å². The molecule has 1 saturated heterocycles. The minimum atomic E-state index is -3.24. The molecule has 0 aromatic carbocycles. The lowest BCUT2D eigenvalue weighted by Gasteiger charge is -2.34. The van der Waals surface area contributed by atoms with Crippen LogP contribution in [0.2, 0.25) is 0 Å². The molecule has 0 aromatic heterocycles. The summed E-state index contributed by atoms with van der Waals surface area (Å²) in [5.74, 6) is -1.59. The molecule has 1 amide bonds. The Morgan fingerprint density at radius 2 is 2.11 bits per heavy atom. The molecule has 110 valence electrons. The van der Waals surface area contributed by atoms with Gasteiger partial charge in [-0.3, -0.25) is 9.59 Å². The number of carbonyl (C=O) groups is 2. The zero-order valence-electron chi connectivity index (χ0n) is 11.0. The lowest BCUT2D eigenvalue weighted by molar-refractivity contribution is -0.140. The summed E-state index contributed by atoms with van der Waals surface area (Å²) < 4.78 is 23.1. The number of rotatable bonds is 6. The first-order valence-corrected chi connectivity index (χ1v) is 8.04. The van der Waals surface area contributed by atoms with Crippen LogP contribution in [0.4, 0.5) is 0 Å². The number of nitrogens with one attached hydrogen (secondary N) is 1. The summed E-state index contributed by atoms with van der Waals surface area (Å²) in [6.45, 7) is 0.792. The van der Waals surface area contributed by atoms with Crippen LogP contribution in [0, 0.1) is 0 Å². The lowest BCUT2D eigenvalue weighted by Crippen LogP contribution is -2.52. The molecule has 1 aliphatic rings. The molecule has 0 aliphatic carbocycles. The van der Waals surface area contributed by atoms with Gasteiger partial charge in [-0.15, -0.1) is 0 Å². The van der Waals surface area contributed by atoms with E-state index in [1.165, 1.54) is 4.90 Å². The van der Waals surface area contributed by atoms with Gasteiger partial charge >= 0.3 is 5.97 Å². The van der Waals surface area contributed by atoms with Gasteiger partial charge < -0.3 is 15.3 Å². The molecule has 1 rings (SSSR count). The highest BCUT2D eigenvalue weighted by Gasteiger charge is 2.34. The zero-order valence-corrected chi connectivity index (χ0v) is 11.8. The molecule has 0 spiro atoms. The summed E-state index contributed by atoms with van der Waals surface area (Å²) >= 11 is 0. The Bertz CT molecular complexity index is 434. The molecule has 1 unspecified atom stereocenters. The van der Waals surface area contributed by atoms with Gasteiger partial charge in [0.1, 0.15) is 0 Å². The SMILES string of the molecule is CNCCCC(=O)N1CCS(=O)(=O)CC1CC(=O)O. The Hall–Kier alpha value is -1.15. The fourth-order valence-corrected chi connectivity index (χ4v) is 3.67. The van der Waals surface area contributed by atoms with Crippen LogP contribution in [0.1, 0.15) is 19.3 Å². The molecule has 19 heavy (non-hydrogen) atoms. The van der Waals surface area contributed by atoms with Crippen LogP contribution in [-0.4, -0.2) is 68.0 Å². The first kappa shape index (κ1) is 15.9. The summed E-state index contributed by atoms with van der Waals surface area (Å²) in [7, 11) is -1.46. The number of nitrogens with zero attached hydrogens (tertiary/aromatic N) is 1. The van der Waals surface area contributed by atoms with E-state index in [4.69, 9.17) is 5.11 Å². The fraction of sp³-hybridized carbons (Fsp3) is 0.818. The predicted molar refractivity (Wildman–Crippen MR) is 69.6 cm³/mol. The molecule has 0 aromatic rings. The molecule has 0 saturated carbocycles. The van der Waals surface area contributed by atoms with E-state index in [0.29, 0.717) is 19.4 Å². The molecule has 0 radical (unpaired) electrons. The van der Waals surface area contributed by atoms with E-state index in [2.05, 4.69) is 5.32 Å². The van der Waals surface area contributed by atoms with Gasteiger partial charge in [0, 0.05) is 13.0 Å². The number of sulfone groups is 1. The van der Waals surface area contributed by atoms with Crippen LogP contribution >= 0.6 is 0 Å². The topological polar surface area (TPSA) is 104 Å². The lowest BCUT2D eigenvalue weighted by atomic mass is 10.1. The van der Waals surface area contributed by atoms with Crippen molar-refractivity contribution < 1.29 is 23.1 Å². The first-order valence-electron chi connectivity index (χ1n) is 6.22. The number of amides is 1. The molecular weight excluding hydrogens is 272 g/mol. The van der Waals surface area contributed by atoms with E-state index < -0.39 is 21.8 Å². The van der Waals surface area contributed by atoms with E-state index in [1.54, 1.807) is 7.05 Å². The molecule has 1 aliphatic heterocycles. The van der Waals surface area contributed by atoms with Crippen molar-refractivity contribution in [2.75, 3.05) is 31.6 Å². The van der Waals surface area contributed by atoms with Crippen LogP contribution in [0.5, 0.6) is 0 Å². The summed E-state index contributed by atoms with van der Waals surface area (Å²) in [4.78, 5) is 24.2. The molecule has 7 nitrogen and oxygen atoms in total. The van der Waals surface area contributed by atoms with Crippen molar-refractivity contribution in [3.8, 4) is 0 Å². The Kier molecular flexibility index (Phi) is 5.74. The minimum Gasteiger partial charge on any atom is -0.481 e. The number of carboxylic acid groups (broad SMARTS) is 1. The van der Waals surface area contributed by atoms with Gasteiger partial charge in [0.2, 0.25) is 5.91 Å². The third kappa shape index (κ3) is 5.15. The van der Waals surface area contributed by atoms with E-state index in [1.807, 2.05) is 0 Å². The summed E-state index contributed by atoms with van der Waals surface area (Å²) in [5, 5.41) is 11.7. The van der Waals surface area contributed by atoms with Crippen molar-refractivity contribution >= 4 is 21.7 Å². The minimum absolute atomic E-state index is 0.0825. The van der Waals surface area contributed by atoms with Crippen molar-refractivity contribution in [3.63, 3.8) is 0 Å². The highest BCUT2D eigenvalue weighted by Crippen LogP contribution is 2.16. The smallest absolute Gasteiger partial charge is 0.305 e. The third-order valence-corrected chi connectivity index (χ3v) is 4.78. The van der Waals surface area contributed by atoms with Crippen molar-refractivity contribution in [2.24, 2.45) is 0 Å². The monoisotopic (exact) mass is 292 g/mol. The molecular formula is C11H20N2O5S. The van der Waals surface area contributed by atoms with Crippen LogP contribution in [0.3, 0.4) is 0 Å². The maximum atomic E-state index is 12.0. The maximum absolute atomic E-state index is 12.0. The molecule has 8 heteroatoms. The van der Waals surface area contributed by atoms with E-state index >= 15 is 0 Å². The summed E-state index contributed by atoms with van der Waals surface area (Å²) in [5.41, 5.74) is 0. The normalized spacial score (nSPS) is 22.2. The van der Waals surface area contributed by atoms with Crippen molar-refractivity contribution in [1.29, 1.82) is 0 Å². The summed E-state index contributed by atoms with van der Waals surface area (Å²) in [6, 6.07) is -0.738. The molecule has 2 N–H and O–H groups in total. The van der Waals surface area contributed by atoms with Gasteiger partial charge in [-0.2, -0.15) is 0 Å². The second-order valence-electron chi connectivity index (χ2n) is 4.66. The Morgan fingerprint density at radius 1 is 1.42 bits per heavy atom. The number of aliphatic carboxylic acids is 1. The summed E-state index contributed by atoms with van der Waals surface area (Å²) in [6.07, 6.45) is 0.631. The number of hydrogen-bond acceptors (Lipinski definition) is 5. The van der Waals surface area contributed by atoms with Gasteiger partial charge in [0.25, 0.3) is 0 Å². The third-order valence-electron chi connectivity index (χ3n) is 3.08. The molecule has 1 fully saturated rings. The van der Waals surface area contributed by atoms with Gasteiger partial charge in [0.15, 0.2) is 9.84 Å². The average Bonchev–Trinajstić information content (AvgIpc) is 2.27. The quantitative estimate of drug-likeness (QED) is 0.614. The highest BCUT2D eigenvalue weighted by molar-refractivity contribution is 7.91. The van der Waals surface area contributed by atoms with Gasteiger partial charge in [-0.05, 0) is 20.0 Å². The fourth-order valence-electron chi connectivity index (χ4n) is 2.15. The van der Waals surface area contributed by atoms with Crippen LogP contribution in [-0.2, 0) is 19.4 Å². The van der Waals surface area contributed by atoms with Crippen LogP contribution in [0.15, 0.2) is 0 Å². The molecule has 1 heterocycles. The Balaban J connectivity index is 2.67.